The third-order valence-electron chi connectivity index (χ3n) is 4.04. The summed E-state index contributed by atoms with van der Waals surface area (Å²) in [6.07, 6.45) is 4.90. The molecule has 0 aliphatic heterocycles. The molecule has 0 saturated carbocycles. The highest BCUT2D eigenvalue weighted by molar-refractivity contribution is 7.19. The Balaban J connectivity index is 1.87. The third kappa shape index (κ3) is 3.54. The molecule has 0 amide bonds. The van der Waals surface area contributed by atoms with Gasteiger partial charge in [-0.1, -0.05) is 31.6 Å². The Morgan fingerprint density at radius 3 is 2.64 bits per heavy atom. The van der Waals surface area contributed by atoms with Crippen LogP contribution in [0.15, 0.2) is 30.5 Å². The van der Waals surface area contributed by atoms with Crippen molar-refractivity contribution in [2.45, 2.75) is 33.1 Å². The smallest absolute Gasteiger partial charge is 0.349 e. The number of unbranched alkanes of at least 4 members (excludes halogenated alkanes) is 1. The number of esters is 1. The number of hydrogen-bond donors (Lipinski definition) is 0. The third-order valence-corrected chi connectivity index (χ3v) is 5.12. The average Bonchev–Trinajstić information content (AvgIpc) is 3.19. The van der Waals surface area contributed by atoms with Crippen LogP contribution >= 0.6 is 11.3 Å². The number of methoxy groups -OCH3 is 1. The molecule has 3 aromatic rings. The standard InChI is InChI=1S/C19H22N2O3S/c1-4-6-11-24-14-9-7-13(8-10-14)15-12-21-16(5-2)17(18(22)23-3)25-19(21)20-15/h7-10,12H,4-6,11H2,1-3H3. The lowest BCUT2D eigenvalue weighted by Gasteiger charge is -2.05. The van der Waals surface area contributed by atoms with Crippen LogP contribution in [0.25, 0.3) is 16.2 Å². The van der Waals surface area contributed by atoms with Crippen molar-refractivity contribution in [3.8, 4) is 17.0 Å². The lowest BCUT2D eigenvalue weighted by molar-refractivity contribution is 0.0604. The maximum absolute atomic E-state index is 11.9. The second-order valence-corrected chi connectivity index (χ2v) is 6.71. The predicted molar refractivity (Wildman–Crippen MR) is 99.6 cm³/mol. The van der Waals surface area contributed by atoms with Crippen molar-refractivity contribution in [1.82, 2.24) is 9.38 Å². The summed E-state index contributed by atoms with van der Waals surface area (Å²) in [4.78, 5) is 18.0. The summed E-state index contributed by atoms with van der Waals surface area (Å²) in [6, 6.07) is 7.97. The fourth-order valence-corrected chi connectivity index (χ4v) is 3.78. The van der Waals surface area contributed by atoms with E-state index in [2.05, 4.69) is 11.9 Å². The van der Waals surface area contributed by atoms with E-state index in [1.54, 1.807) is 0 Å². The molecule has 0 N–H and O–H groups in total. The normalized spacial score (nSPS) is 11.0. The predicted octanol–water partition coefficient (Wildman–Crippen LogP) is 4.59. The summed E-state index contributed by atoms with van der Waals surface area (Å²) in [6.45, 7) is 4.91. The van der Waals surface area contributed by atoms with Crippen molar-refractivity contribution in [3.05, 3.63) is 41.0 Å². The highest BCUT2D eigenvalue weighted by Crippen LogP contribution is 2.29. The fraction of sp³-hybridized carbons (Fsp3) is 0.368. The maximum atomic E-state index is 11.9. The van der Waals surface area contributed by atoms with Gasteiger partial charge in [0.1, 0.15) is 10.6 Å². The van der Waals surface area contributed by atoms with Gasteiger partial charge in [0.2, 0.25) is 0 Å². The minimum absolute atomic E-state index is 0.303. The Bertz CT molecular complexity index is 865. The molecule has 0 atom stereocenters. The van der Waals surface area contributed by atoms with Crippen molar-refractivity contribution in [3.63, 3.8) is 0 Å². The van der Waals surface area contributed by atoms with E-state index in [4.69, 9.17) is 9.47 Å². The fourth-order valence-electron chi connectivity index (χ4n) is 2.67. The highest BCUT2D eigenvalue weighted by Gasteiger charge is 2.20. The van der Waals surface area contributed by atoms with Gasteiger partial charge in [-0.3, -0.25) is 4.40 Å². The Kier molecular flexibility index (Phi) is 5.38. The van der Waals surface area contributed by atoms with Crippen LogP contribution in [0.1, 0.15) is 42.1 Å². The molecular formula is C19H22N2O3S. The van der Waals surface area contributed by atoms with Crippen molar-refractivity contribution >= 4 is 22.3 Å². The zero-order valence-electron chi connectivity index (χ0n) is 14.7. The minimum Gasteiger partial charge on any atom is -0.494 e. The van der Waals surface area contributed by atoms with Gasteiger partial charge >= 0.3 is 5.97 Å². The minimum atomic E-state index is -0.303. The first-order valence-electron chi connectivity index (χ1n) is 8.50. The van der Waals surface area contributed by atoms with Crippen LogP contribution in [-0.2, 0) is 11.2 Å². The zero-order valence-corrected chi connectivity index (χ0v) is 15.6. The number of carbonyl (C=O) groups is 1. The maximum Gasteiger partial charge on any atom is 0.349 e. The van der Waals surface area contributed by atoms with Crippen molar-refractivity contribution in [2.75, 3.05) is 13.7 Å². The van der Waals surface area contributed by atoms with E-state index in [1.165, 1.54) is 18.4 Å². The van der Waals surface area contributed by atoms with E-state index in [0.717, 1.165) is 53.5 Å². The lowest BCUT2D eigenvalue weighted by Crippen LogP contribution is -2.03. The van der Waals surface area contributed by atoms with Crippen LogP contribution in [0.2, 0.25) is 0 Å². The van der Waals surface area contributed by atoms with Gasteiger partial charge < -0.3 is 9.47 Å². The summed E-state index contributed by atoms with van der Waals surface area (Å²) in [5, 5.41) is 0. The second kappa shape index (κ2) is 7.70. The van der Waals surface area contributed by atoms with Crippen molar-refractivity contribution in [1.29, 1.82) is 0 Å². The second-order valence-electron chi connectivity index (χ2n) is 5.73. The van der Waals surface area contributed by atoms with E-state index in [1.807, 2.05) is 41.8 Å². The zero-order chi connectivity index (χ0) is 17.8. The molecule has 2 aromatic heterocycles. The molecule has 2 heterocycles. The number of aryl methyl sites for hydroxylation is 1. The first-order chi connectivity index (χ1) is 12.2. The number of thiazole rings is 1. The van der Waals surface area contributed by atoms with E-state index < -0.39 is 0 Å². The Labute approximate surface area is 151 Å². The number of imidazole rings is 1. The number of carbonyl (C=O) groups excluding carboxylic acids is 1. The largest absolute Gasteiger partial charge is 0.494 e. The molecule has 0 spiro atoms. The number of nitrogens with zero attached hydrogens (tertiary/aromatic N) is 2. The average molecular weight is 358 g/mol. The number of aromatic nitrogens is 2. The molecule has 5 nitrogen and oxygen atoms in total. The Hall–Kier alpha value is -2.34. The quantitative estimate of drug-likeness (QED) is 0.458. The molecule has 3 rings (SSSR count). The molecule has 0 aliphatic carbocycles. The van der Waals surface area contributed by atoms with Crippen LogP contribution in [0.3, 0.4) is 0 Å². The van der Waals surface area contributed by atoms with Gasteiger partial charge in [0.05, 0.1) is 19.4 Å². The first kappa shape index (κ1) is 17.5. The number of fused-ring (bicyclic) bond motifs is 1. The summed E-state index contributed by atoms with van der Waals surface area (Å²) in [5.41, 5.74) is 2.85. The van der Waals surface area contributed by atoms with Crippen LogP contribution in [0.5, 0.6) is 5.75 Å². The highest BCUT2D eigenvalue weighted by atomic mass is 32.1. The van der Waals surface area contributed by atoms with Gasteiger partial charge in [-0.2, -0.15) is 0 Å². The van der Waals surface area contributed by atoms with E-state index in [0.29, 0.717) is 4.88 Å². The van der Waals surface area contributed by atoms with Crippen LogP contribution < -0.4 is 4.74 Å². The molecule has 0 aliphatic rings. The van der Waals surface area contributed by atoms with Gasteiger partial charge in [0.15, 0.2) is 4.96 Å². The van der Waals surface area contributed by atoms with Gasteiger partial charge in [-0.05, 0) is 37.1 Å². The van der Waals surface area contributed by atoms with Crippen LogP contribution in [0, 0.1) is 0 Å². The molecule has 25 heavy (non-hydrogen) atoms. The Morgan fingerprint density at radius 1 is 1.24 bits per heavy atom. The van der Waals surface area contributed by atoms with Crippen LogP contribution in [-0.4, -0.2) is 29.1 Å². The molecular weight excluding hydrogens is 336 g/mol. The Morgan fingerprint density at radius 2 is 2.00 bits per heavy atom. The summed E-state index contributed by atoms with van der Waals surface area (Å²) in [5.74, 6) is 0.572. The van der Waals surface area contributed by atoms with E-state index in [9.17, 15) is 4.79 Å². The van der Waals surface area contributed by atoms with Gasteiger partial charge in [0.25, 0.3) is 0 Å². The van der Waals surface area contributed by atoms with E-state index >= 15 is 0 Å². The molecule has 0 radical (unpaired) electrons. The molecule has 132 valence electrons. The number of ether oxygens (including phenoxy) is 2. The van der Waals surface area contributed by atoms with E-state index in [-0.39, 0.29) is 5.97 Å². The molecule has 1 aromatic carbocycles. The molecule has 0 fully saturated rings. The lowest BCUT2D eigenvalue weighted by atomic mass is 10.1. The first-order valence-corrected chi connectivity index (χ1v) is 9.31. The molecule has 0 unspecified atom stereocenters. The number of hydrogen-bond acceptors (Lipinski definition) is 5. The topological polar surface area (TPSA) is 52.8 Å². The van der Waals surface area contributed by atoms with Gasteiger partial charge in [-0.25, -0.2) is 9.78 Å². The van der Waals surface area contributed by atoms with Crippen LogP contribution in [0.4, 0.5) is 0 Å². The number of benzene rings is 1. The SMILES string of the molecule is CCCCOc1ccc(-c2cn3c(CC)c(C(=O)OC)sc3n2)cc1. The number of rotatable bonds is 7. The summed E-state index contributed by atoms with van der Waals surface area (Å²) < 4.78 is 12.5. The molecule has 0 saturated heterocycles. The summed E-state index contributed by atoms with van der Waals surface area (Å²) in [7, 11) is 1.40. The van der Waals surface area contributed by atoms with Crippen molar-refractivity contribution < 1.29 is 14.3 Å². The monoisotopic (exact) mass is 358 g/mol. The summed E-state index contributed by atoms with van der Waals surface area (Å²) >= 11 is 1.37. The molecule has 0 bridgehead atoms. The van der Waals surface area contributed by atoms with Crippen molar-refractivity contribution in [2.24, 2.45) is 0 Å². The van der Waals surface area contributed by atoms with Gasteiger partial charge in [0, 0.05) is 17.5 Å². The molecule has 6 heteroatoms. The van der Waals surface area contributed by atoms with Gasteiger partial charge in [-0.15, -0.1) is 0 Å².